The molecular formula is C12H9FN. The second-order valence-electron chi connectivity index (χ2n) is 3.01. The summed E-state index contributed by atoms with van der Waals surface area (Å²) in [4.78, 5) is 0. The zero-order valence-corrected chi connectivity index (χ0v) is 7.50. The van der Waals surface area contributed by atoms with Crippen LogP contribution in [0, 0.1) is 11.9 Å². The Labute approximate surface area is 82.0 Å². The molecule has 0 amide bonds. The molecule has 0 unspecified atom stereocenters. The van der Waals surface area contributed by atoms with E-state index in [4.69, 9.17) is 5.73 Å². The molecule has 0 spiro atoms. The molecule has 2 aromatic carbocycles. The number of benzene rings is 2. The smallest absolute Gasteiger partial charge is 0.123 e. The van der Waals surface area contributed by atoms with Gasteiger partial charge in [-0.05, 0) is 29.8 Å². The van der Waals surface area contributed by atoms with E-state index in [9.17, 15) is 4.39 Å². The number of rotatable bonds is 1. The van der Waals surface area contributed by atoms with Crippen molar-refractivity contribution in [2.45, 2.75) is 0 Å². The number of hydrogen-bond donors (Lipinski definition) is 1. The van der Waals surface area contributed by atoms with Crippen LogP contribution in [0.15, 0.2) is 42.5 Å². The zero-order valence-electron chi connectivity index (χ0n) is 7.50. The van der Waals surface area contributed by atoms with E-state index in [2.05, 4.69) is 6.07 Å². The third kappa shape index (κ3) is 1.59. The summed E-state index contributed by atoms with van der Waals surface area (Å²) in [6.07, 6.45) is 0. The topological polar surface area (TPSA) is 26.0 Å². The van der Waals surface area contributed by atoms with Crippen molar-refractivity contribution in [1.82, 2.24) is 0 Å². The Morgan fingerprint density at radius 2 is 1.79 bits per heavy atom. The average Bonchev–Trinajstić information content (AvgIpc) is 2.20. The van der Waals surface area contributed by atoms with E-state index in [-0.39, 0.29) is 5.82 Å². The van der Waals surface area contributed by atoms with Gasteiger partial charge in [0.05, 0.1) is 0 Å². The summed E-state index contributed by atoms with van der Waals surface area (Å²) in [5.41, 5.74) is 8.11. The maximum absolute atomic E-state index is 12.7. The van der Waals surface area contributed by atoms with Crippen molar-refractivity contribution in [2.75, 3.05) is 5.73 Å². The van der Waals surface area contributed by atoms with Crippen LogP contribution < -0.4 is 5.73 Å². The Bertz CT molecular complexity index is 434. The summed E-state index contributed by atoms with van der Waals surface area (Å²) in [6.45, 7) is 0. The fraction of sp³-hybridized carbons (Fsp3) is 0. The summed E-state index contributed by atoms with van der Waals surface area (Å²) in [6, 6.07) is 14.6. The van der Waals surface area contributed by atoms with Crippen LogP contribution in [0.4, 0.5) is 10.1 Å². The van der Waals surface area contributed by atoms with E-state index in [1.54, 1.807) is 24.3 Å². The Hall–Kier alpha value is -1.83. The maximum atomic E-state index is 12.7. The van der Waals surface area contributed by atoms with E-state index in [1.165, 1.54) is 12.1 Å². The summed E-state index contributed by atoms with van der Waals surface area (Å²) < 4.78 is 12.7. The van der Waals surface area contributed by atoms with E-state index >= 15 is 0 Å². The molecule has 14 heavy (non-hydrogen) atoms. The summed E-state index contributed by atoms with van der Waals surface area (Å²) in [7, 11) is 0. The highest BCUT2D eigenvalue weighted by Gasteiger charge is 2.01. The zero-order chi connectivity index (χ0) is 9.97. The second kappa shape index (κ2) is 3.50. The third-order valence-corrected chi connectivity index (χ3v) is 2.02. The normalized spacial score (nSPS) is 10.1. The molecule has 0 saturated carbocycles. The van der Waals surface area contributed by atoms with Crippen LogP contribution in [0.3, 0.4) is 0 Å². The molecule has 0 fully saturated rings. The minimum absolute atomic E-state index is 0.247. The van der Waals surface area contributed by atoms with Crippen LogP contribution in [-0.4, -0.2) is 0 Å². The third-order valence-electron chi connectivity index (χ3n) is 2.02. The van der Waals surface area contributed by atoms with Gasteiger partial charge in [0.1, 0.15) is 5.82 Å². The number of anilines is 1. The molecule has 0 aliphatic heterocycles. The second-order valence-corrected chi connectivity index (χ2v) is 3.01. The van der Waals surface area contributed by atoms with E-state index in [0.717, 1.165) is 11.1 Å². The molecule has 1 nitrogen and oxygen atoms in total. The summed E-state index contributed by atoms with van der Waals surface area (Å²) in [5.74, 6) is -0.247. The standard InChI is InChI=1S/C12H9FN/c13-10-7-5-9(6-8-10)11-3-1-2-4-12(11)14/h1-2,4-8H,14H2. The van der Waals surface area contributed by atoms with E-state index in [1.807, 2.05) is 6.07 Å². The first-order chi connectivity index (χ1) is 6.77. The van der Waals surface area contributed by atoms with Crippen molar-refractivity contribution in [3.63, 3.8) is 0 Å². The molecule has 0 saturated heterocycles. The SMILES string of the molecule is Nc1ccc[c]c1-c1ccc(F)cc1. The van der Waals surface area contributed by atoms with Crippen LogP contribution >= 0.6 is 0 Å². The average molecular weight is 186 g/mol. The van der Waals surface area contributed by atoms with Gasteiger partial charge in [0.2, 0.25) is 0 Å². The van der Waals surface area contributed by atoms with Crippen LogP contribution in [0.2, 0.25) is 0 Å². The number of hydrogen-bond acceptors (Lipinski definition) is 1. The van der Waals surface area contributed by atoms with Gasteiger partial charge in [-0.2, -0.15) is 0 Å². The largest absolute Gasteiger partial charge is 0.398 e. The van der Waals surface area contributed by atoms with Crippen molar-refractivity contribution < 1.29 is 4.39 Å². The minimum Gasteiger partial charge on any atom is -0.398 e. The minimum atomic E-state index is -0.247. The molecule has 0 atom stereocenters. The van der Waals surface area contributed by atoms with Gasteiger partial charge in [-0.25, -0.2) is 4.39 Å². The molecular weight excluding hydrogens is 177 g/mol. The van der Waals surface area contributed by atoms with Gasteiger partial charge in [0.25, 0.3) is 0 Å². The lowest BCUT2D eigenvalue weighted by Gasteiger charge is -2.03. The van der Waals surface area contributed by atoms with E-state index < -0.39 is 0 Å². The molecule has 69 valence electrons. The van der Waals surface area contributed by atoms with Crippen LogP contribution in [0.1, 0.15) is 0 Å². The lowest BCUT2D eigenvalue weighted by molar-refractivity contribution is 0.628. The maximum Gasteiger partial charge on any atom is 0.123 e. The quantitative estimate of drug-likeness (QED) is 0.681. The lowest BCUT2D eigenvalue weighted by atomic mass is 10.0. The van der Waals surface area contributed by atoms with Gasteiger partial charge in [-0.15, -0.1) is 0 Å². The summed E-state index contributed by atoms with van der Waals surface area (Å²) in [5, 5.41) is 0. The van der Waals surface area contributed by atoms with Crippen LogP contribution in [0.25, 0.3) is 11.1 Å². The first-order valence-corrected chi connectivity index (χ1v) is 4.29. The Balaban J connectivity index is 2.50. The van der Waals surface area contributed by atoms with Crippen molar-refractivity contribution in [3.8, 4) is 11.1 Å². The van der Waals surface area contributed by atoms with Gasteiger partial charge in [0, 0.05) is 11.3 Å². The lowest BCUT2D eigenvalue weighted by Crippen LogP contribution is -1.89. The highest BCUT2D eigenvalue weighted by molar-refractivity contribution is 5.75. The first kappa shape index (κ1) is 8.75. The highest BCUT2D eigenvalue weighted by atomic mass is 19.1. The van der Waals surface area contributed by atoms with E-state index in [0.29, 0.717) is 5.69 Å². The molecule has 0 aliphatic carbocycles. The van der Waals surface area contributed by atoms with Crippen LogP contribution in [0.5, 0.6) is 0 Å². The van der Waals surface area contributed by atoms with Crippen molar-refractivity contribution in [1.29, 1.82) is 0 Å². The van der Waals surface area contributed by atoms with Crippen molar-refractivity contribution in [3.05, 3.63) is 54.3 Å². The Kier molecular flexibility index (Phi) is 2.19. The molecule has 0 heterocycles. The van der Waals surface area contributed by atoms with Crippen molar-refractivity contribution >= 4 is 5.69 Å². The van der Waals surface area contributed by atoms with Gasteiger partial charge in [-0.1, -0.05) is 24.3 Å². The molecule has 0 aromatic heterocycles. The Morgan fingerprint density at radius 1 is 1.07 bits per heavy atom. The van der Waals surface area contributed by atoms with Gasteiger partial charge in [0.15, 0.2) is 0 Å². The number of halogens is 1. The van der Waals surface area contributed by atoms with Crippen molar-refractivity contribution in [2.24, 2.45) is 0 Å². The monoisotopic (exact) mass is 186 g/mol. The molecule has 2 aromatic rings. The molecule has 2 N–H and O–H groups in total. The molecule has 2 rings (SSSR count). The molecule has 0 aliphatic rings. The fourth-order valence-electron chi connectivity index (χ4n) is 1.32. The van der Waals surface area contributed by atoms with Gasteiger partial charge in [-0.3, -0.25) is 0 Å². The predicted octanol–water partition coefficient (Wildman–Crippen LogP) is 2.88. The Morgan fingerprint density at radius 3 is 2.43 bits per heavy atom. The first-order valence-electron chi connectivity index (χ1n) is 4.29. The number of nitrogens with two attached hydrogens (primary N) is 1. The van der Waals surface area contributed by atoms with Gasteiger partial charge < -0.3 is 5.73 Å². The number of nitrogen functional groups attached to an aromatic ring is 1. The molecule has 0 bridgehead atoms. The predicted molar refractivity (Wildman–Crippen MR) is 55.1 cm³/mol. The fourth-order valence-corrected chi connectivity index (χ4v) is 1.32. The highest BCUT2D eigenvalue weighted by Crippen LogP contribution is 2.24. The van der Waals surface area contributed by atoms with Crippen LogP contribution in [-0.2, 0) is 0 Å². The summed E-state index contributed by atoms with van der Waals surface area (Å²) >= 11 is 0. The molecule has 2 heteroatoms. The molecule has 1 radical (unpaired) electrons. The van der Waals surface area contributed by atoms with Gasteiger partial charge >= 0.3 is 0 Å².